The van der Waals surface area contributed by atoms with Gasteiger partial charge in [0.2, 0.25) is 0 Å². The summed E-state index contributed by atoms with van der Waals surface area (Å²) in [5.41, 5.74) is 7.97. The summed E-state index contributed by atoms with van der Waals surface area (Å²) in [6.07, 6.45) is 3.36. The second-order valence-electron chi connectivity index (χ2n) is 7.26. The fourth-order valence-electron chi connectivity index (χ4n) is 3.30. The first-order valence-electron chi connectivity index (χ1n) is 8.26. The monoisotopic (exact) mass is 452 g/mol. The Balaban J connectivity index is 0.000000701. The van der Waals surface area contributed by atoms with Gasteiger partial charge in [-0.1, -0.05) is 68.8 Å². The van der Waals surface area contributed by atoms with E-state index in [4.69, 9.17) is 21.8 Å². The molecule has 0 heterocycles. The third kappa shape index (κ3) is 4.79. The third-order valence-electron chi connectivity index (χ3n) is 4.34. The topological polar surface area (TPSA) is 9.23 Å². The van der Waals surface area contributed by atoms with Crippen LogP contribution in [0.1, 0.15) is 44.4 Å². The van der Waals surface area contributed by atoms with Gasteiger partial charge in [-0.15, -0.1) is 0 Å². The average molecular weight is 455 g/mol. The van der Waals surface area contributed by atoms with E-state index in [2.05, 4.69) is 70.2 Å². The van der Waals surface area contributed by atoms with E-state index in [1.165, 1.54) is 33.4 Å². The first kappa shape index (κ1) is 20.8. The van der Waals surface area contributed by atoms with Crippen LogP contribution >= 0.6 is 17.0 Å². The number of rotatable bonds is 2. The van der Waals surface area contributed by atoms with E-state index in [0.29, 0.717) is 0 Å². The molecule has 1 aliphatic carbocycles. The maximum atomic E-state index is 5.89. The molecular formula is C21H24Cl2OZr. The number of methoxy groups -OCH3 is 1. The summed E-state index contributed by atoms with van der Waals surface area (Å²) in [7, 11) is 11.7. The molecule has 3 rings (SSSR count). The zero-order valence-corrected chi connectivity index (χ0v) is 19.4. The Morgan fingerprint density at radius 1 is 1.08 bits per heavy atom. The van der Waals surface area contributed by atoms with Crippen molar-refractivity contribution in [3.05, 3.63) is 58.7 Å². The molecule has 1 nitrogen and oxygen atoms in total. The quantitative estimate of drug-likeness (QED) is 0.475. The van der Waals surface area contributed by atoms with Crippen LogP contribution in [0.4, 0.5) is 0 Å². The van der Waals surface area contributed by atoms with Crippen LogP contribution in [0.3, 0.4) is 0 Å². The summed E-state index contributed by atoms with van der Waals surface area (Å²) in [5, 5.41) is 0. The van der Waals surface area contributed by atoms with Gasteiger partial charge in [-0.3, -0.25) is 0 Å². The molecule has 0 N–H and O–H groups in total. The molecule has 0 fully saturated rings. The Hall–Kier alpha value is -0.557. The van der Waals surface area contributed by atoms with E-state index in [1.54, 1.807) is 7.11 Å². The maximum absolute atomic E-state index is 5.89. The van der Waals surface area contributed by atoms with E-state index in [0.717, 1.165) is 12.2 Å². The molecule has 0 bridgehead atoms. The summed E-state index contributed by atoms with van der Waals surface area (Å²) in [6, 6.07) is 12.9. The molecule has 0 spiro atoms. The Morgan fingerprint density at radius 3 is 2.20 bits per heavy atom. The van der Waals surface area contributed by atoms with Crippen molar-refractivity contribution in [1.82, 2.24) is 0 Å². The molecule has 25 heavy (non-hydrogen) atoms. The molecule has 0 amide bonds. The number of allylic oxidation sites excluding steroid dienone is 1. The van der Waals surface area contributed by atoms with Gasteiger partial charge in [-0.25, -0.2) is 0 Å². The molecule has 0 radical (unpaired) electrons. The normalized spacial score (nSPS) is 12.7. The van der Waals surface area contributed by atoms with Gasteiger partial charge in [0, 0.05) is 11.1 Å². The van der Waals surface area contributed by atoms with Crippen molar-refractivity contribution in [2.24, 2.45) is 0 Å². The van der Waals surface area contributed by atoms with E-state index in [-0.39, 0.29) is 5.41 Å². The van der Waals surface area contributed by atoms with Crippen molar-refractivity contribution in [2.45, 2.75) is 39.5 Å². The van der Waals surface area contributed by atoms with Gasteiger partial charge in [0.15, 0.2) is 0 Å². The van der Waals surface area contributed by atoms with Crippen molar-refractivity contribution in [1.29, 1.82) is 0 Å². The molecule has 0 saturated heterocycles. The molecule has 1 aliphatic rings. The third-order valence-corrected chi connectivity index (χ3v) is 4.34. The summed E-state index contributed by atoms with van der Waals surface area (Å²) in [4.78, 5) is 0. The van der Waals surface area contributed by atoms with Crippen molar-refractivity contribution in [2.75, 3.05) is 7.11 Å². The van der Waals surface area contributed by atoms with Crippen LogP contribution < -0.4 is 4.74 Å². The summed E-state index contributed by atoms with van der Waals surface area (Å²) >= 11 is -0.826. The molecule has 2 aromatic carbocycles. The first-order valence-corrected chi connectivity index (χ1v) is 14.6. The van der Waals surface area contributed by atoms with Crippen molar-refractivity contribution in [3.63, 3.8) is 0 Å². The van der Waals surface area contributed by atoms with E-state index < -0.39 is 20.8 Å². The minimum atomic E-state index is -0.826. The Kier molecular flexibility index (Phi) is 7.38. The molecule has 0 aromatic heterocycles. The van der Waals surface area contributed by atoms with Crippen molar-refractivity contribution < 1.29 is 25.6 Å². The molecule has 0 saturated carbocycles. The van der Waals surface area contributed by atoms with Crippen LogP contribution in [0, 0.1) is 0 Å². The Morgan fingerprint density at radius 2 is 1.68 bits per heavy atom. The number of benzene rings is 2. The summed E-state index contributed by atoms with van der Waals surface area (Å²) in [6.45, 7) is 8.96. The Labute approximate surface area is 170 Å². The van der Waals surface area contributed by atoms with Crippen LogP contribution in [0.25, 0.3) is 17.2 Å². The summed E-state index contributed by atoms with van der Waals surface area (Å²) in [5.74, 6) is 1.02. The van der Waals surface area contributed by atoms with Gasteiger partial charge in [-0.05, 0) is 35.4 Å². The van der Waals surface area contributed by atoms with Crippen LogP contribution in [-0.4, -0.2) is 7.11 Å². The van der Waals surface area contributed by atoms with E-state index >= 15 is 0 Å². The summed E-state index contributed by atoms with van der Waals surface area (Å²) < 4.78 is 5.89. The molecule has 0 unspecified atom stereocenters. The van der Waals surface area contributed by atoms with Crippen molar-refractivity contribution in [3.8, 4) is 16.9 Å². The predicted octanol–water partition coefficient (Wildman–Crippen LogP) is 7.00. The standard InChI is InChI=1S/C21H24O.2ClH.Zr/c1-14-11-16-13-18(21(2,3)4)20(22-5)19(17(16)12-14)15-9-7-6-8-10-15;;;/h6-10,12-13H,11H2,1-5H3;2*1H;/q;;;+2/p-2. The van der Waals surface area contributed by atoms with Gasteiger partial charge < -0.3 is 4.74 Å². The van der Waals surface area contributed by atoms with Gasteiger partial charge in [0.05, 0.1) is 7.11 Å². The van der Waals surface area contributed by atoms with Gasteiger partial charge in [0.1, 0.15) is 5.75 Å². The second-order valence-corrected chi connectivity index (χ2v) is 11.0. The molecule has 4 heteroatoms. The predicted molar refractivity (Wildman–Crippen MR) is 106 cm³/mol. The average Bonchev–Trinajstić information content (AvgIpc) is 2.93. The zero-order valence-electron chi connectivity index (χ0n) is 15.4. The van der Waals surface area contributed by atoms with Crippen LogP contribution in [-0.2, 0) is 32.7 Å². The van der Waals surface area contributed by atoms with Crippen LogP contribution in [0.5, 0.6) is 5.75 Å². The van der Waals surface area contributed by atoms with Gasteiger partial charge in [0.25, 0.3) is 0 Å². The fraction of sp³-hybridized carbons (Fsp3) is 0.333. The fourth-order valence-corrected chi connectivity index (χ4v) is 3.30. The van der Waals surface area contributed by atoms with Crippen LogP contribution in [0.2, 0.25) is 0 Å². The van der Waals surface area contributed by atoms with Crippen molar-refractivity contribution >= 4 is 23.1 Å². The number of hydrogen-bond acceptors (Lipinski definition) is 1. The first-order chi connectivity index (χ1) is 11.8. The number of halogens is 2. The number of fused-ring (bicyclic) bond motifs is 1. The SMILES string of the molecule is COc1c(C(C)(C)C)cc2c(c1-c1ccccc1)C=C(C)C2.[Cl][Zr][Cl]. The van der Waals surface area contributed by atoms with Gasteiger partial charge >= 0.3 is 37.9 Å². The Bertz CT molecular complexity index is 762. The molecule has 0 aliphatic heterocycles. The van der Waals surface area contributed by atoms with Crippen LogP contribution in [0.15, 0.2) is 42.0 Å². The van der Waals surface area contributed by atoms with Gasteiger partial charge in [-0.2, -0.15) is 0 Å². The van der Waals surface area contributed by atoms with E-state index in [1.807, 2.05) is 0 Å². The second kappa shape index (κ2) is 8.89. The number of ether oxygens (including phenoxy) is 1. The molecule has 132 valence electrons. The van der Waals surface area contributed by atoms with E-state index in [9.17, 15) is 0 Å². The molecule has 2 aromatic rings. The minimum absolute atomic E-state index is 0.0560. The zero-order chi connectivity index (χ0) is 18.6. The number of hydrogen-bond donors (Lipinski definition) is 0. The molecule has 0 atom stereocenters. The molecular weight excluding hydrogens is 430 g/mol.